The molecule has 2 rings (SSSR count). The van der Waals surface area contributed by atoms with Gasteiger partial charge in [-0.25, -0.2) is 0 Å². The maximum atomic E-state index is 6.33. The van der Waals surface area contributed by atoms with E-state index in [0.29, 0.717) is 0 Å². The van der Waals surface area contributed by atoms with E-state index in [4.69, 9.17) is 5.73 Å². The molecule has 2 N–H and O–H groups in total. The van der Waals surface area contributed by atoms with Gasteiger partial charge < -0.3 is 5.73 Å². The molecular formula is C11H21NS. The number of nitrogens with two attached hydrogens (primary N) is 1. The molecule has 2 atom stereocenters. The van der Waals surface area contributed by atoms with Crippen molar-refractivity contribution in [3.63, 3.8) is 0 Å². The third-order valence-electron chi connectivity index (χ3n) is 3.78. The third-order valence-corrected chi connectivity index (χ3v) is 4.83. The van der Waals surface area contributed by atoms with Gasteiger partial charge in [0.2, 0.25) is 0 Å². The monoisotopic (exact) mass is 199 g/mol. The fraction of sp³-hybridized carbons (Fsp3) is 1.00. The van der Waals surface area contributed by atoms with Gasteiger partial charge in [0.1, 0.15) is 0 Å². The van der Waals surface area contributed by atoms with E-state index in [2.05, 4.69) is 18.7 Å². The van der Waals surface area contributed by atoms with E-state index in [0.717, 1.165) is 11.8 Å². The van der Waals surface area contributed by atoms with Crippen LogP contribution < -0.4 is 5.73 Å². The summed E-state index contributed by atoms with van der Waals surface area (Å²) in [6.07, 6.45) is 6.73. The van der Waals surface area contributed by atoms with Gasteiger partial charge in [-0.05, 0) is 49.0 Å². The molecular weight excluding hydrogens is 178 g/mol. The Hall–Kier alpha value is 0.310. The fourth-order valence-electron chi connectivity index (χ4n) is 2.69. The summed E-state index contributed by atoms with van der Waals surface area (Å²) in [5.41, 5.74) is 6.59. The Balaban J connectivity index is 1.77. The van der Waals surface area contributed by atoms with E-state index >= 15 is 0 Å². The minimum atomic E-state index is 0.265. The van der Waals surface area contributed by atoms with Crippen LogP contribution in [0.25, 0.3) is 0 Å². The Labute approximate surface area is 85.8 Å². The van der Waals surface area contributed by atoms with Crippen molar-refractivity contribution in [3.8, 4) is 0 Å². The maximum Gasteiger partial charge on any atom is 0.0189 e. The normalized spacial score (nSPS) is 40.6. The molecule has 0 radical (unpaired) electrons. The van der Waals surface area contributed by atoms with E-state index in [9.17, 15) is 0 Å². The van der Waals surface area contributed by atoms with Crippen molar-refractivity contribution < 1.29 is 0 Å². The van der Waals surface area contributed by atoms with Crippen molar-refractivity contribution in [2.24, 2.45) is 17.6 Å². The van der Waals surface area contributed by atoms with E-state index in [1.54, 1.807) is 0 Å². The lowest BCUT2D eigenvalue weighted by Crippen LogP contribution is -2.29. The van der Waals surface area contributed by atoms with Gasteiger partial charge in [0.25, 0.3) is 0 Å². The van der Waals surface area contributed by atoms with Crippen molar-refractivity contribution in [1.29, 1.82) is 0 Å². The van der Waals surface area contributed by atoms with Gasteiger partial charge in [0.15, 0.2) is 0 Å². The quantitative estimate of drug-likeness (QED) is 0.756. The molecule has 2 unspecified atom stereocenters. The van der Waals surface area contributed by atoms with Gasteiger partial charge in [0.05, 0.1) is 0 Å². The zero-order chi connectivity index (χ0) is 9.31. The first-order valence-corrected chi connectivity index (χ1v) is 6.76. The van der Waals surface area contributed by atoms with Gasteiger partial charge in [-0.2, -0.15) is 11.8 Å². The van der Waals surface area contributed by atoms with E-state index in [-0.39, 0.29) is 5.54 Å². The first-order chi connectivity index (χ1) is 6.24. The highest BCUT2D eigenvalue weighted by Gasteiger charge is 2.50. The van der Waals surface area contributed by atoms with Crippen LogP contribution in [0.1, 0.15) is 39.0 Å². The lowest BCUT2D eigenvalue weighted by atomic mass is 9.92. The van der Waals surface area contributed by atoms with E-state index in [1.165, 1.54) is 43.6 Å². The van der Waals surface area contributed by atoms with E-state index < -0.39 is 0 Å². The van der Waals surface area contributed by atoms with Crippen LogP contribution in [-0.4, -0.2) is 17.0 Å². The smallest absolute Gasteiger partial charge is 0.0189 e. The molecule has 0 aromatic heterocycles. The summed E-state index contributed by atoms with van der Waals surface area (Å²) in [7, 11) is 0. The molecule has 0 aromatic carbocycles. The average Bonchev–Trinajstić information content (AvgIpc) is 2.78. The Kier molecular flexibility index (Phi) is 2.89. The highest BCUT2D eigenvalue weighted by atomic mass is 32.2. The molecule has 76 valence electrons. The standard InChI is InChI=1S/C11H21NS/c1-2-10-8-11(10,12)7-9-3-5-13-6-4-9/h9-10H,2-8,12H2,1H3. The Morgan fingerprint density at radius 1 is 1.38 bits per heavy atom. The Morgan fingerprint density at radius 2 is 2.08 bits per heavy atom. The van der Waals surface area contributed by atoms with Gasteiger partial charge in [-0.1, -0.05) is 13.3 Å². The molecule has 1 aliphatic heterocycles. The summed E-state index contributed by atoms with van der Waals surface area (Å²) in [5, 5.41) is 0. The predicted molar refractivity (Wildman–Crippen MR) is 60.0 cm³/mol. The van der Waals surface area contributed by atoms with Crippen molar-refractivity contribution in [2.75, 3.05) is 11.5 Å². The largest absolute Gasteiger partial charge is 0.325 e. The summed E-state index contributed by atoms with van der Waals surface area (Å²) in [6.45, 7) is 2.27. The summed E-state index contributed by atoms with van der Waals surface area (Å²) in [5.74, 6) is 4.54. The molecule has 0 spiro atoms. The molecule has 2 heteroatoms. The van der Waals surface area contributed by atoms with Crippen LogP contribution in [0.4, 0.5) is 0 Å². The minimum Gasteiger partial charge on any atom is -0.325 e. The van der Waals surface area contributed by atoms with Crippen molar-refractivity contribution >= 4 is 11.8 Å². The molecule has 1 nitrogen and oxygen atoms in total. The number of hydrogen-bond acceptors (Lipinski definition) is 2. The average molecular weight is 199 g/mol. The maximum absolute atomic E-state index is 6.33. The van der Waals surface area contributed by atoms with Crippen LogP contribution >= 0.6 is 11.8 Å². The van der Waals surface area contributed by atoms with Crippen LogP contribution in [0.3, 0.4) is 0 Å². The van der Waals surface area contributed by atoms with Gasteiger partial charge >= 0.3 is 0 Å². The molecule has 1 saturated heterocycles. The van der Waals surface area contributed by atoms with Gasteiger partial charge in [-0.15, -0.1) is 0 Å². The molecule has 1 heterocycles. The van der Waals surface area contributed by atoms with E-state index in [1.807, 2.05) is 0 Å². The zero-order valence-electron chi connectivity index (χ0n) is 8.59. The summed E-state index contributed by atoms with van der Waals surface area (Å²) < 4.78 is 0. The second-order valence-corrected chi connectivity index (χ2v) is 6.03. The molecule has 2 fully saturated rings. The SMILES string of the molecule is CCC1CC1(N)CC1CCSCC1. The Bertz CT molecular complexity index is 177. The first kappa shape index (κ1) is 9.85. The van der Waals surface area contributed by atoms with Crippen molar-refractivity contribution in [3.05, 3.63) is 0 Å². The topological polar surface area (TPSA) is 26.0 Å². The first-order valence-electron chi connectivity index (χ1n) is 5.61. The minimum absolute atomic E-state index is 0.265. The third kappa shape index (κ3) is 2.21. The highest BCUT2D eigenvalue weighted by Crippen LogP contribution is 2.49. The summed E-state index contributed by atoms with van der Waals surface area (Å²) in [4.78, 5) is 0. The van der Waals surface area contributed by atoms with Crippen molar-refractivity contribution in [1.82, 2.24) is 0 Å². The molecule has 13 heavy (non-hydrogen) atoms. The number of rotatable bonds is 3. The predicted octanol–water partition coefficient (Wildman–Crippen LogP) is 2.65. The summed E-state index contributed by atoms with van der Waals surface area (Å²) >= 11 is 2.11. The van der Waals surface area contributed by atoms with Gasteiger partial charge in [0, 0.05) is 5.54 Å². The molecule has 0 bridgehead atoms. The van der Waals surface area contributed by atoms with Crippen molar-refractivity contribution in [2.45, 2.75) is 44.6 Å². The fourth-order valence-corrected chi connectivity index (χ4v) is 3.89. The molecule has 1 saturated carbocycles. The lowest BCUT2D eigenvalue weighted by molar-refractivity contribution is 0.379. The highest BCUT2D eigenvalue weighted by molar-refractivity contribution is 7.99. The molecule has 0 aromatic rings. The number of hydrogen-bond donors (Lipinski definition) is 1. The Morgan fingerprint density at radius 3 is 2.62 bits per heavy atom. The van der Waals surface area contributed by atoms with Gasteiger partial charge in [-0.3, -0.25) is 0 Å². The van der Waals surface area contributed by atoms with Crippen LogP contribution in [0.2, 0.25) is 0 Å². The second-order valence-electron chi connectivity index (χ2n) is 4.80. The summed E-state index contributed by atoms with van der Waals surface area (Å²) in [6, 6.07) is 0. The number of thioether (sulfide) groups is 1. The molecule has 0 amide bonds. The lowest BCUT2D eigenvalue weighted by Gasteiger charge is -2.24. The van der Waals surface area contributed by atoms with Crippen LogP contribution in [0.15, 0.2) is 0 Å². The molecule has 2 aliphatic rings. The van der Waals surface area contributed by atoms with Crippen LogP contribution in [0.5, 0.6) is 0 Å². The van der Waals surface area contributed by atoms with Crippen LogP contribution in [0, 0.1) is 11.8 Å². The zero-order valence-corrected chi connectivity index (χ0v) is 9.41. The molecule has 1 aliphatic carbocycles. The van der Waals surface area contributed by atoms with Crippen LogP contribution in [-0.2, 0) is 0 Å². The second kappa shape index (κ2) is 3.82.